The van der Waals surface area contributed by atoms with E-state index in [0.717, 1.165) is 26.9 Å². The van der Waals surface area contributed by atoms with E-state index in [1.54, 1.807) is 0 Å². The van der Waals surface area contributed by atoms with Gasteiger partial charge in [-0.05, 0) is 42.7 Å². The van der Waals surface area contributed by atoms with Crippen LogP contribution in [0.15, 0.2) is 46.9 Å². The van der Waals surface area contributed by atoms with Crippen molar-refractivity contribution < 1.29 is 9.90 Å². The molecule has 20 heavy (non-hydrogen) atoms. The van der Waals surface area contributed by atoms with Crippen LogP contribution in [0.4, 0.5) is 5.69 Å². The standard InChI is InChI=1S/C16H16BrNO2/c1-10-8-13(9-11(2)14(10)17)18-15(16(19)20)12-6-4-3-5-7-12/h3-9,15,18H,1-2H3,(H,19,20). The fourth-order valence-electron chi connectivity index (χ4n) is 2.13. The van der Waals surface area contributed by atoms with Gasteiger partial charge in [-0.15, -0.1) is 0 Å². The number of carboxylic acids is 1. The highest BCUT2D eigenvalue weighted by molar-refractivity contribution is 9.10. The molecular weight excluding hydrogens is 318 g/mol. The zero-order valence-electron chi connectivity index (χ0n) is 11.4. The van der Waals surface area contributed by atoms with Crippen molar-refractivity contribution in [3.8, 4) is 0 Å². The molecule has 0 heterocycles. The predicted octanol–water partition coefficient (Wildman–Crippen LogP) is 4.30. The molecule has 2 aromatic carbocycles. The third-order valence-corrected chi connectivity index (χ3v) is 4.38. The van der Waals surface area contributed by atoms with E-state index in [4.69, 9.17) is 0 Å². The van der Waals surface area contributed by atoms with Gasteiger partial charge in [0, 0.05) is 10.2 Å². The Labute approximate surface area is 126 Å². The van der Waals surface area contributed by atoms with Crippen LogP contribution in [0.1, 0.15) is 22.7 Å². The van der Waals surface area contributed by atoms with Crippen molar-refractivity contribution in [3.63, 3.8) is 0 Å². The van der Waals surface area contributed by atoms with Gasteiger partial charge in [0.1, 0.15) is 0 Å². The minimum atomic E-state index is -0.894. The number of aryl methyl sites for hydroxylation is 2. The van der Waals surface area contributed by atoms with E-state index >= 15 is 0 Å². The van der Waals surface area contributed by atoms with Gasteiger partial charge < -0.3 is 10.4 Å². The van der Waals surface area contributed by atoms with Crippen molar-refractivity contribution >= 4 is 27.6 Å². The molecule has 2 N–H and O–H groups in total. The molecule has 0 aliphatic carbocycles. The van der Waals surface area contributed by atoms with Crippen LogP contribution in [0.25, 0.3) is 0 Å². The number of hydrogen-bond acceptors (Lipinski definition) is 2. The first-order valence-electron chi connectivity index (χ1n) is 6.30. The Morgan fingerprint density at radius 1 is 1.15 bits per heavy atom. The van der Waals surface area contributed by atoms with E-state index in [1.165, 1.54) is 0 Å². The lowest BCUT2D eigenvalue weighted by Crippen LogP contribution is -2.20. The third kappa shape index (κ3) is 3.20. The summed E-state index contributed by atoms with van der Waals surface area (Å²) in [5.74, 6) is -0.894. The fourth-order valence-corrected chi connectivity index (χ4v) is 2.36. The molecule has 3 nitrogen and oxygen atoms in total. The molecule has 0 saturated carbocycles. The lowest BCUT2D eigenvalue weighted by Gasteiger charge is -2.17. The van der Waals surface area contributed by atoms with Crippen LogP contribution >= 0.6 is 15.9 Å². The number of hydrogen-bond donors (Lipinski definition) is 2. The number of benzene rings is 2. The second-order valence-electron chi connectivity index (χ2n) is 4.75. The Bertz CT molecular complexity index is 603. The largest absolute Gasteiger partial charge is 0.479 e. The SMILES string of the molecule is Cc1cc(NC(C(=O)O)c2ccccc2)cc(C)c1Br. The van der Waals surface area contributed by atoms with Crippen molar-refractivity contribution in [3.05, 3.63) is 63.6 Å². The molecular formula is C16H16BrNO2. The number of rotatable bonds is 4. The highest BCUT2D eigenvalue weighted by Crippen LogP contribution is 2.27. The molecule has 104 valence electrons. The molecule has 0 saturated heterocycles. The summed E-state index contributed by atoms with van der Waals surface area (Å²) in [6, 6.07) is 12.3. The van der Waals surface area contributed by atoms with Crippen molar-refractivity contribution in [1.82, 2.24) is 0 Å². The fraction of sp³-hybridized carbons (Fsp3) is 0.188. The summed E-state index contributed by atoms with van der Waals surface area (Å²) in [6.45, 7) is 3.97. The maximum Gasteiger partial charge on any atom is 0.330 e. The van der Waals surface area contributed by atoms with Gasteiger partial charge >= 0.3 is 5.97 Å². The quantitative estimate of drug-likeness (QED) is 0.876. The van der Waals surface area contributed by atoms with Gasteiger partial charge in [0.15, 0.2) is 6.04 Å². The summed E-state index contributed by atoms with van der Waals surface area (Å²) in [5.41, 5.74) is 3.69. The average Bonchev–Trinajstić information content (AvgIpc) is 2.42. The maximum absolute atomic E-state index is 11.5. The van der Waals surface area contributed by atoms with Crippen molar-refractivity contribution in [2.45, 2.75) is 19.9 Å². The number of carbonyl (C=O) groups is 1. The average molecular weight is 334 g/mol. The molecule has 0 aliphatic heterocycles. The summed E-state index contributed by atoms with van der Waals surface area (Å²) < 4.78 is 1.05. The second-order valence-corrected chi connectivity index (χ2v) is 5.54. The third-order valence-electron chi connectivity index (χ3n) is 3.13. The molecule has 0 fully saturated rings. The first-order valence-corrected chi connectivity index (χ1v) is 7.09. The van der Waals surface area contributed by atoms with Crippen LogP contribution < -0.4 is 5.32 Å². The highest BCUT2D eigenvalue weighted by Gasteiger charge is 2.19. The van der Waals surface area contributed by atoms with Crippen molar-refractivity contribution in [2.75, 3.05) is 5.32 Å². The Morgan fingerprint density at radius 2 is 1.70 bits per heavy atom. The van der Waals surface area contributed by atoms with E-state index < -0.39 is 12.0 Å². The smallest absolute Gasteiger partial charge is 0.330 e. The lowest BCUT2D eigenvalue weighted by atomic mass is 10.1. The summed E-state index contributed by atoms with van der Waals surface area (Å²) in [7, 11) is 0. The molecule has 0 bridgehead atoms. The Kier molecular flexibility index (Phi) is 4.45. The van der Waals surface area contributed by atoms with E-state index in [1.807, 2.05) is 56.3 Å². The lowest BCUT2D eigenvalue weighted by molar-refractivity contribution is -0.138. The second kappa shape index (κ2) is 6.09. The normalized spacial score (nSPS) is 11.9. The van der Waals surface area contributed by atoms with Gasteiger partial charge in [-0.3, -0.25) is 0 Å². The summed E-state index contributed by atoms with van der Waals surface area (Å²) >= 11 is 3.51. The van der Waals surface area contributed by atoms with Crippen LogP contribution in [0.3, 0.4) is 0 Å². The molecule has 0 radical (unpaired) electrons. The van der Waals surface area contributed by atoms with Gasteiger partial charge in [0.2, 0.25) is 0 Å². The maximum atomic E-state index is 11.5. The summed E-state index contributed by atoms with van der Waals surface area (Å²) in [5, 5.41) is 12.5. The number of nitrogens with one attached hydrogen (secondary N) is 1. The summed E-state index contributed by atoms with van der Waals surface area (Å²) in [6.07, 6.45) is 0. The Hall–Kier alpha value is -1.81. The number of aliphatic carboxylic acids is 1. The number of halogens is 1. The molecule has 2 rings (SSSR count). The first-order chi connectivity index (χ1) is 9.49. The molecule has 0 aliphatic rings. The molecule has 1 unspecified atom stereocenters. The van der Waals surface area contributed by atoms with Crippen LogP contribution in [0.5, 0.6) is 0 Å². The molecule has 2 aromatic rings. The minimum Gasteiger partial charge on any atom is -0.479 e. The number of anilines is 1. The zero-order chi connectivity index (χ0) is 14.7. The number of carboxylic acid groups (broad SMARTS) is 1. The topological polar surface area (TPSA) is 49.3 Å². The van der Waals surface area contributed by atoms with E-state index in [-0.39, 0.29) is 0 Å². The van der Waals surface area contributed by atoms with Crippen LogP contribution in [-0.4, -0.2) is 11.1 Å². The monoisotopic (exact) mass is 333 g/mol. The van der Waals surface area contributed by atoms with Gasteiger partial charge in [-0.1, -0.05) is 46.3 Å². The highest BCUT2D eigenvalue weighted by atomic mass is 79.9. The van der Waals surface area contributed by atoms with E-state index in [2.05, 4.69) is 21.2 Å². The zero-order valence-corrected chi connectivity index (χ0v) is 12.9. The van der Waals surface area contributed by atoms with Gasteiger partial charge in [0.05, 0.1) is 0 Å². The molecule has 1 atom stereocenters. The van der Waals surface area contributed by atoms with Crippen molar-refractivity contribution in [1.29, 1.82) is 0 Å². The van der Waals surface area contributed by atoms with E-state index in [0.29, 0.717) is 0 Å². The molecule has 0 spiro atoms. The van der Waals surface area contributed by atoms with Crippen LogP contribution in [0, 0.1) is 13.8 Å². The van der Waals surface area contributed by atoms with Gasteiger partial charge in [-0.25, -0.2) is 4.79 Å². The van der Waals surface area contributed by atoms with E-state index in [9.17, 15) is 9.90 Å². The molecule has 4 heteroatoms. The summed E-state index contributed by atoms with van der Waals surface area (Å²) in [4.78, 5) is 11.5. The molecule has 0 aromatic heterocycles. The predicted molar refractivity (Wildman–Crippen MR) is 84.1 cm³/mol. The van der Waals surface area contributed by atoms with Crippen molar-refractivity contribution in [2.24, 2.45) is 0 Å². The van der Waals surface area contributed by atoms with Gasteiger partial charge in [-0.2, -0.15) is 0 Å². The Balaban J connectivity index is 2.32. The van der Waals surface area contributed by atoms with Crippen LogP contribution in [-0.2, 0) is 4.79 Å². The van der Waals surface area contributed by atoms with Gasteiger partial charge in [0.25, 0.3) is 0 Å². The Morgan fingerprint density at radius 3 is 2.20 bits per heavy atom. The molecule has 0 amide bonds. The first kappa shape index (κ1) is 14.6. The van der Waals surface area contributed by atoms with Crippen LogP contribution in [0.2, 0.25) is 0 Å². The minimum absolute atomic E-state index is 0.734.